The zero-order chi connectivity index (χ0) is 27.3. The van der Waals surface area contributed by atoms with Crippen molar-refractivity contribution in [3.63, 3.8) is 0 Å². The Morgan fingerprint density at radius 2 is 1.45 bits per heavy atom. The van der Waals surface area contributed by atoms with Crippen molar-refractivity contribution < 1.29 is 52.2 Å². The molecule has 38 heavy (non-hydrogen) atoms. The van der Waals surface area contributed by atoms with Crippen LogP contribution in [0, 0.1) is 0 Å². The molecule has 0 aliphatic carbocycles. The molecule has 0 unspecified atom stereocenters. The lowest BCUT2D eigenvalue weighted by atomic mass is 9.99. The van der Waals surface area contributed by atoms with Gasteiger partial charge in [-0.25, -0.2) is 4.79 Å². The van der Waals surface area contributed by atoms with Crippen LogP contribution in [0.1, 0.15) is 41.5 Å². The van der Waals surface area contributed by atoms with E-state index in [1.54, 1.807) is 38.1 Å². The van der Waals surface area contributed by atoms with Gasteiger partial charge in [0.1, 0.15) is 42.5 Å². The summed E-state index contributed by atoms with van der Waals surface area (Å²) in [5.74, 6) is -0.654. The largest absolute Gasteiger partial charge is 0.491 e. The van der Waals surface area contributed by atoms with Gasteiger partial charge in [-0.05, 0) is 65.8 Å². The van der Waals surface area contributed by atoms with Crippen LogP contribution in [0.2, 0.25) is 0 Å². The van der Waals surface area contributed by atoms with Gasteiger partial charge in [-0.3, -0.25) is 0 Å². The minimum atomic E-state index is -0.750. The van der Waals surface area contributed by atoms with E-state index >= 15 is 0 Å². The van der Waals surface area contributed by atoms with Gasteiger partial charge < -0.3 is 47.4 Å². The van der Waals surface area contributed by atoms with Crippen LogP contribution in [0.15, 0.2) is 24.3 Å². The van der Waals surface area contributed by atoms with Crippen molar-refractivity contribution in [2.45, 2.75) is 89.9 Å². The SMILES string of the molecule is CCOC(=O)[C@@H](C)Oc1ccc(OCCOCCOC[C@H]2O[C@@H]3OC(C)(C)O[C@@H]3[C@H]3OC(C)(C)O[C@H]32)cc1. The normalized spacial score (nSPS) is 29.8. The van der Waals surface area contributed by atoms with Gasteiger partial charge in [0, 0.05) is 0 Å². The summed E-state index contributed by atoms with van der Waals surface area (Å²) in [6.07, 6.45) is -2.53. The van der Waals surface area contributed by atoms with Crippen LogP contribution >= 0.6 is 0 Å². The zero-order valence-corrected chi connectivity index (χ0v) is 23.0. The predicted octanol–water partition coefficient (Wildman–Crippen LogP) is 2.83. The lowest BCUT2D eigenvalue weighted by Gasteiger charge is -2.37. The van der Waals surface area contributed by atoms with Gasteiger partial charge >= 0.3 is 5.97 Å². The standard InChI is InChI=1S/C27H40O11/c1-7-31-24(28)17(2)33-19-10-8-18(9-11-19)32-15-14-29-12-13-30-16-20-21-22(36-26(3,4)35-21)23-25(34-20)38-27(5,6)37-23/h8-11,17,20-23,25H,7,12-16H2,1-6H3/t17-,20-,21+,22+,23-,25-/m1/s1. The van der Waals surface area contributed by atoms with Gasteiger partial charge in [0.25, 0.3) is 0 Å². The zero-order valence-electron chi connectivity index (χ0n) is 23.0. The summed E-state index contributed by atoms with van der Waals surface area (Å²) in [7, 11) is 0. The Balaban J connectivity index is 1.11. The number of rotatable bonds is 13. The Morgan fingerprint density at radius 3 is 2.18 bits per heavy atom. The van der Waals surface area contributed by atoms with E-state index < -0.39 is 29.9 Å². The summed E-state index contributed by atoms with van der Waals surface area (Å²) in [6.45, 7) is 13.1. The molecule has 214 valence electrons. The summed E-state index contributed by atoms with van der Waals surface area (Å²) in [6, 6.07) is 7.02. The minimum Gasteiger partial charge on any atom is -0.491 e. The number of benzene rings is 1. The Kier molecular flexibility index (Phi) is 9.51. The van der Waals surface area contributed by atoms with Crippen molar-refractivity contribution >= 4 is 5.97 Å². The first-order valence-electron chi connectivity index (χ1n) is 13.2. The van der Waals surface area contributed by atoms with Gasteiger partial charge in [0.15, 0.2) is 24.0 Å². The van der Waals surface area contributed by atoms with E-state index in [1.165, 1.54) is 0 Å². The van der Waals surface area contributed by atoms with Crippen LogP contribution in [0.3, 0.4) is 0 Å². The fourth-order valence-corrected chi connectivity index (χ4v) is 4.59. The molecule has 0 saturated carbocycles. The van der Waals surface area contributed by atoms with E-state index in [2.05, 4.69) is 0 Å². The van der Waals surface area contributed by atoms with Crippen molar-refractivity contribution in [3.8, 4) is 11.5 Å². The highest BCUT2D eigenvalue weighted by atomic mass is 16.9. The van der Waals surface area contributed by atoms with Gasteiger partial charge in [-0.2, -0.15) is 0 Å². The molecule has 0 spiro atoms. The fourth-order valence-electron chi connectivity index (χ4n) is 4.59. The van der Waals surface area contributed by atoms with Gasteiger partial charge in [-0.15, -0.1) is 0 Å². The highest BCUT2D eigenvalue weighted by molar-refractivity contribution is 5.74. The van der Waals surface area contributed by atoms with E-state index in [1.807, 2.05) is 27.7 Å². The number of hydrogen-bond donors (Lipinski definition) is 0. The summed E-state index contributed by atoms with van der Waals surface area (Å²) in [4.78, 5) is 11.7. The fraction of sp³-hybridized carbons (Fsp3) is 0.741. The maximum Gasteiger partial charge on any atom is 0.347 e. The molecule has 4 rings (SSSR count). The second kappa shape index (κ2) is 12.5. The summed E-state index contributed by atoms with van der Waals surface area (Å²) >= 11 is 0. The first-order chi connectivity index (χ1) is 18.1. The Labute approximate surface area is 223 Å². The van der Waals surface area contributed by atoms with Crippen LogP contribution in [-0.4, -0.2) is 94.0 Å². The highest BCUT2D eigenvalue weighted by Crippen LogP contribution is 2.44. The second-order valence-electron chi connectivity index (χ2n) is 10.2. The molecule has 11 heteroatoms. The molecule has 3 saturated heterocycles. The Bertz CT molecular complexity index is 903. The molecule has 3 aliphatic rings. The number of fused-ring (bicyclic) bond motifs is 3. The lowest BCUT2D eigenvalue weighted by molar-refractivity contribution is -0.243. The van der Waals surface area contributed by atoms with Crippen molar-refractivity contribution in [2.24, 2.45) is 0 Å². The van der Waals surface area contributed by atoms with E-state index in [0.29, 0.717) is 51.1 Å². The van der Waals surface area contributed by atoms with Crippen molar-refractivity contribution in [1.82, 2.24) is 0 Å². The van der Waals surface area contributed by atoms with Gasteiger partial charge in [0.2, 0.25) is 0 Å². The minimum absolute atomic E-state index is 0.297. The third-order valence-corrected chi connectivity index (χ3v) is 6.16. The van der Waals surface area contributed by atoms with Gasteiger partial charge in [-0.1, -0.05) is 0 Å². The molecule has 1 aromatic rings. The molecule has 3 aliphatic heterocycles. The van der Waals surface area contributed by atoms with E-state index in [-0.39, 0.29) is 24.4 Å². The molecule has 11 nitrogen and oxygen atoms in total. The lowest BCUT2D eigenvalue weighted by Crippen LogP contribution is -2.56. The van der Waals surface area contributed by atoms with E-state index in [0.717, 1.165) is 0 Å². The molecule has 6 atom stereocenters. The average Bonchev–Trinajstić information content (AvgIpc) is 3.35. The molecule has 3 fully saturated rings. The first-order valence-corrected chi connectivity index (χ1v) is 13.2. The van der Waals surface area contributed by atoms with Crippen LogP contribution in [-0.2, 0) is 42.7 Å². The Morgan fingerprint density at radius 1 is 0.842 bits per heavy atom. The first kappa shape index (κ1) is 29.0. The smallest absolute Gasteiger partial charge is 0.347 e. The third-order valence-electron chi connectivity index (χ3n) is 6.16. The predicted molar refractivity (Wildman–Crippen MR) is 133 cm³/mol. The van der Waals surface area contributed by atoms with E-state index in [9.17, 15) is 4.79 Å². The molecule has 0 radical (unpaired) electrons. The van der Waals surface area contributed by atoms with Crippen molar-refractivity contribution in [2.75, 3.05) is 39.6 Å². The quantitative estimate of drug-likeness (QED) is 0.272. The van der Waals surface area contributed by atoms with Crippen LogP contribution < -0.4 is 9.47 Å². The number of carbonyl (C=O) groups is 1. The number of carbonyl (C=O) groups excluding carboxylic acids is 1. The Hall–Kier alpha value is -1.99. The highest BCUT2D eigenvalue weighted by Gasteiger charge is 2.60. The van der Waals surface area contributed by atoms with Crippen LogP contribution in [0.4, 0.5) is 0 Å². The molecular weight excluding hydrogens is 500 g/mol. The third kappa shape index (κ3) is 7.56. The number of hydrogen-bond acceptors (Lipinski definition) is 11. The molecule has 0 bridgehead atoms. The molecule has 0 amide bonds. The van der Waals surface area contributed by atoms with E-state index in [4.69, 9.17) is 47.4 Å². The topological polar surface area (TPSA) is 109 Å². The van der Waals surface area contributed by atoms with Crippen LogP contribution in [0.5, 0.6) is 11.5 Å². The monoisotopic (exact) mass is 540 g/mol. The maximum absolute atomic E-state index is 11.7. The second-order valence-corrected chi connectivity index (χ2v) is 10.2. The van der Waals surface area contributed by atoms with Gasteiger partial charge in [0.05, 0.1) is 33.0 Å². The number of ether oxygens (including phenoxy) is 10. The average molecular weight is 541 g/mol. The molecule has 1 aromatic carbocycles. The molecule has 0 N–H and O–H groups in total. The summed E-state index contributed by atoms with van der Waals surface area (Å²) in [5, 5.41) is 0. The molecule has 0 aromatic heterocycles. The molecule has 3 heterocycles. The van der Waals surface area contributed by atoms with Crippen molar-refractivity contribution in [3.05, 3.63) is 24.3 Å². The van der Waals surface area contributed by atoms with Crippen LogP contribution in [0.25, 0.3) is 0 Å². The van der Waals surface area contributed by atoms with Crippen molar-refractivity contribution in [1.29, 1.82) is 0 Å². The maximum atomic E-state index is 11.7. The summed E-state index contributed by atoms with van der Waals surface area (Å²) < 4.78 is 57.9. The summed E-state index contributed by atoms with van der Waals surface area (Å²) in [5.41, 5.74) is 0. The number of esters is 1. The molecular formula is C27H40O11.